The molecule has 0 aromatic heterocycles. The van der Waals surface area contributed by atoms with Gasteiger partial charge in [0.15, 0.2) is 0 Å². The Bertz CT molecular complexity index is 371. The highest BCUT2D eigenvalue weighted by Crippen LogP contribution is 2.60. The van der Waals surface area contributed by atoms with Gasteiger partial charge >= 0.3 is 0 Å². The van der Waals surface area contributed by atoms with Crippen molar-refractivity contribution in [3.8, 4) is 6.07 Å². The maximum atomic E-state index is 9.09. The zero-order chi connectivity index (χ0) is 12.7. The summed E-state index contributed by atoms with van der Waals surface area (Å²) in [5.74, 6) is 1.25. The largest absolute Gasteiger partial charge is 0.198 e. The molecule has 2 rings (SSSR count). The standard InChI is InChI=1S/C16H25N/c1-12-6-7-14-15(2,3)9-5-10-16(14,4)13(12)8-11-17/h6,13-14H,5,7-10H2,1-4H3/t13-,14?,16+/m0/s1. The summed E-state index contributed by atoms with van der Waals surface area (Å²) in [7, 11) is 0. The van der Waals surface area contributed by atoms with E-state index in [-0.39, 0.29) is 0 Å². The highest BCUT2D eigenvalue weighted by Gasteiger charge is 2.51. The summed E-state index contributed by atoms with van der Waals surface area (Å²) in [4.78, 5) is 0. The van der Waals surface area contributed by atoms with Crippen LogP contribution in [-0.4, -0.2) is 0 Å². The minimum absolute atomic E-state index is 0.357. The first-order valence-electron chi connectivity index (χ1n) is 6.95. The minimum Gasteiger partial charge on any atom is -0.198 e. The van der Waals surface area contributed by atoms with Crippen LogP contribution in [0, 0.1) is 34.0 Å². The Labute approximate surface area is 106 Å². The predicted octanol–water partition coefficient (Wildman–Crippen LogP) is 4.70. The van der Waals surface area contributed by atoms with Gasteiger partial charge in [-0.2, -0.15) is 5.26 Å². The third-order valence-corrected chi connectivity index (χ3v) is 5.59. The van der Waals surface area contributed by atoms with E-state index in [0.29, 0.717) is 23.2 Å². The molecule has 0 bridgehead atoms. The van der Waals surface area contributed by atoms with Gasteiger partial charge in [-0.3, -0.25) is 0 Å². The molecule has 17 heavy (non-hydrogen) atoms. The molecule has 0 radical (unpaired) electrons. The second-order valence-electron chi connectivity index (χ2n) is 7.00. The van der Waals surface area contributed by atoms with Crippen LogP contribution in [0.25, 0.3) is 0 Å². The highest BCUT2D eigenvalue weighted by molar-refractivity contribution is 5.19. The molecular formula is C16H25N. The van der Waals surface area contributed by atoms with Crippen molar-refractivity contribution in [2.75, 3.05) is 0 Å². The molecule has 94 valence electrons. The summed E-state index contributed by atoms with van der Waals surface area (Å²) >= 11 is 0. The molecule has 1 nitrogen and oxygen atoms in total. The Kier molecular flexibility index (Phi) is 3.10. The molecule has 0 N–H and O–H groups in total. The van der Waals surface area contributed by atoms with E-state index in [4.69, 9.17) is 5.26 Å². The van der Waals surface area contributed by atoms with E-state index in [0.717, 1.165) is 5.92 Å². The van der Waals surface area contributed by atoms with Crippen LogP contribution >= 0.6 is 0 Å². The smallest absolute Gasteiger partial charge is 0.0628 e. The number of rotatable bonds is 1. The van der Waals surface area contributed by atoms with Crippen molar-refractivity contribution in [3.05, 3.63) is 11.6 Å². The second kappa shape index (κ2) is 4.16. The Balaban J connectivity index is 2.39. The summed E-state index contributed by atoms with van der Waals surface area (Å²) in [6.45, 7) is 9.52. The zero-order valence-electron chi connectivity index (χ0n) is 11.7. The molecule has 2 aliphatic rings. The number of hydrogen-bond donors (Lipinski definition) is 0. The molecule has 0 aromatic carbocycles. The molecule has 1 saturated carbocycles. The quantitative estimate of drug-likeness (QED) is 0.600. The summed E-state index contributed by atoms with van der Waals surface area (Å²) in [5.41, 5.74) is 2.26. The molecule has 1 heteroatoms. The zero-order valence-corrected chi connectivity index (χ0v) is 11.7. The topological polar surface area (TPSA) is 23.8 Å². The number of nitrogens with zero attached hydrogens (tertiary/aromatic N) is 1. The van der Waals surface area contributed by atoms with E-state index >= 15 is 0 Å². The van der Waals surface area contributed by atoms with Crippen LogP contribution in [-0.2, 0) is 0 Å². The normalized spacial score (nSPS) is 40.1. The van der Waals surface area contributed by atoms with Crippen molar-refractivity contribution in [2.24, 2.45) is 22.7 Å². The van der Waals surface area contributed by atoms with Gasteiger partial charge in [0.25, 0.3) is 0 Å². The molecule has 3 atom stereocenters. The number of fused-ring (bicyclic) bond motifs is 1. The van der Waals surface area contributed by atoms with Crippen LogP contribution in [0.1, 0.15) is 59.8 Å². The van der Waals surface area contributed by atoms with E-state index in [1.165, 1.54) is 31.3 Å². The van der Waals surface area contributed by atoms with Crippen LogP contribution in [0.3, 0.4) is 0 Å². The Hall–Kier alpha value is -0.770. The van der Waals surface area contributed by atoms with Gasteiger partial charge in [0.1, 0.15) is 0 Å². The molecule has 0 amide bonds. The lowest BCUT2D eigenvalue weighted by Gasteiger charge is -2.56. The van der Waals surface area contributed by atoms with Gasteiger partial charge in [-0.25, -0.2) is 0 Å². The van der Waals surface area contributed by atoms with Gasteiger partial charge < -0.3 is 0 Å². The van der Waals surface area contributed by atoms with Crippen molar-refractivity contribution < 1.29 is 0 Å². The van der Waals surface area contributed by atoms with Gasteiger partial charge in [0.05, 0.1) is 6.07 Å². The average molecular weight is 231 g/mol. The van der Waals surface area contributed by atoms with Gasteiger partial charge in [0.2, 0.25) is 0 Å². The van der Waals surface area contributed by atoms with Crippen LogP contribution in [0.5, 0.6) is 0 Å². The Morgan fingerprint density at radius 2 is 2.06 bits per heavy atom. The third-order valence-electron chi connectivity index (χ3n) is 5.59. The van der Waals surface area contributed by atoms with E-state index in [1.807, 2.05) is 0 Å². The van der Waals surface area contributed by atoms with Crippen LogP contribution in [0.4, 0.5) is 0 Å². The second-order valence-corrected chi connectivity index (χ2v) is 7.00. The van der Waals surface area contributed by atoms with Crippen molar-refractivity contribution in [3.63, 3.8) is 0 Å². The lowest BCUT2D eigenvalue weighted by Crippen LogP contribution is -2.48. The van der Waals surface area contributed by atoms with Crippen molar-refractivity contribution in [2.45, 2.75) is 59.8 Å². The maximum absolute atomic E-state index is 9.09. The van der Waals surface area contributed by atoms with Crippen molar-refractivity contribution >= 4 is 0 Å². The summed E-state index contributed by atoms with van der Waals surface area (Å²) < 4.78 is 0. The highest BCUT2D eigenvalue weighted by atomic mass is 14.6. The SMILES string of the molecule is CC1=CCC2C(C)(C)CCC[C@]2(C)[C@H]1CC#N. The van der Waals surface area contributed by atoms with Crippen molar-refractivity contribution in [1.29, 1.82) is 5.26 Å². The molecule has 0 aromatic rings. The molecule has 1 unspecified atom stereocenters. The molecule has 2 aliphatic carbocycles. The molecular weight excluding hydrogens is 206 g/mol. The fourth-order valence-corrected chi connectivity index (χ4v) is 4.62. The number of hydrogen-bond acceptors (Lipinski definition) is 1. The van der Waals surface area contributed by atoms with Gasteiger partial charge in [-0.15, -0.1) is 0 Å². The molecule has 0 spiro atoms. The van der Waals surface area contributed by atoms with Gasteiger partial charge in [-0.1, -0.05) is 38.8 Å². The van der Waals surface area contributed by atoms with Crippen LogP contribution in [0.15, 0.2) is 11.6 Å². The van der Waals surface area contributed by atoms with E-state index in [2.05, 4.69) is 39.8 Å². The number of nitriles is 1. The maximum Gasteiger partial charge on any atom is 0.0628 e. The van der Waals surface area contributed by atoms with Gasteiger partial charge in [0, 0.05) is 6.42 Å². The lowest BCUT2D eigenvalue weighted by molar-refractivity contribution is -0.0356. The average Bonchev–Trinajstić information content (AvgIpc) is 2.22. The molecule has 1 fully saturated rings. The van der Waals surface area contributed by atoms with Crippen LogP contribution in [0.2, 0.25) is 0 Å². The summed E-state index contributed by atoms with van der Waals surface area (Å²) in [6, 6.07) is 2.41. The Morgan fingerprint density at radius 3 is 2.71 bits per heavy atom. The molecule has 0 aliphatic heterocycles. The predicted molar refractivity (Wildman–Crippen MR) is 71.3 cm³/mol. The number of allylic oxidation sites excluding steroid dienone is 2. The summed E-state index contributed by atoms with van der Waals surface area (Å²) in [5, 5.41) is 9.09. The molecule has 0 heterocycles. The first-order valence-corrected chi connectivity index (χ1v) is 6.95. The van der Waals surface area contributed by atoms with E-state index in [9.17, 15) is 0 Å². The van der Waals surface area contributed by atoms with Crippen LogP contribution < -0.4 is 0 Å². The Morgan fingerprint density at radius 1 is 1.35 bits per heavy atom. The fraction of sp³-hybridized carbons (Fsp3) is 0.812. The fourth-order valence-electron chi connectivity index (χ4n) is 4.62. The summed E-state index contributed by atoms with van der Waals surface area (Å²) in [6.07, 6.45) is 8.30. The molecule has 0 saturated heterocycles. The van der Waals surface area contributed by atoms with Gasteiger partial charge in [-0.05, 0) is 48.9 Å². The first kappa shape index (κ1) is 12.7. The lowest BCUT2D eigenvalue weighted by atomic mass is 9.48. The monoisotopic (exact) mass is 231 g/mol. The van der Waals surface area contributed by atoms with E-state index in [1.54, 1.807) is 0 Å². The third kappa shape index (κ3) is 1.92. The van der Waals surface area contributed by atoms with Crippen molar-refractivity contribution in [1.82, 2.24) is 0 Å². The van der Waals surface area contributed by atoms with E-state index < -0.39 is 0 Å². The first-order chi connectivity index (χ1) is 7.92. The minimum atomic E-state index is 0.357.